The summed E-state index contributed by atoms with van der Waals surface area (Å²) < 4.78 is 0. The van der Waals surface area contributed by atoms with Gasteiger partial charge in [0.25, 0.3) is 0 Å². The lowest BCUT2D eigenvalue weighted by Gasteiger charge is -2.54. The van der Waals surface area contributed by atoms with Gasteiger partial charge in [-0.1, -0.05) is 63.9 Å². The van der Waals surface area contributed by atoms with E-state index < -0.39 is 11.6 Å². The predicted molar refractivity (Wildman–Crippen MR) is 139 cm³/mol. The Labute approximate surface area is 211 Å². The molecule has 0 radical (unpaired) electrons. The molecule has 35 heavy (non-hydrogen) atoms. The molecule has 6 atom stereocenters. The zero-order chi connectivity index (χ0) is 25.1. The number of hydrogen-bond acceptors (Lipinski definition) is 3. The standard InChI is InChI=1S/C31H44O4/c1-3-31(35)19-17-27-29-22(12-10-8-6-4-5-7-9-11-13-28(33)34)20-23-21-24(32)14-15-25(23)26(29)16-18-30(27,31)2/h1,14-15,21-22,26-27,29,32,35H,4-13,16-20H2,2H3,(H,33,34)/t22-,26?,27?,29?,30-,31-/m0/s1. The van der Waals surface area contributed by atoms with Crippen LogP contribution in [0.4, 0.5) is 0 Å². The highest BCUT2D eigenvalue weighted by Gasteiger charge is 2.62. The van der Waals surface area contributed by atoms with Crippen LogP contribution in [0.3, 0.4) is 0 Å². The molecule has 0 heterocycles. The summed E-state index contributed by atoms with van der Waals surface area (Å²) >= 11 is 0. The molecule has 0 spiro atoms. The molecule has 4 rings (SSSR count). The van der Waals surface area contributed by atoms with E-state index >= 15 is 0 Å². The molecule has 0 aromatic heterocycles. The van der Waals surface area contributed by atoms with E-state index in [-0.39, 0.29) is 5.41 Å². The van der Waals surface area contributed by atoms with E-state index in [0.717, 1.165) is 51.4 Å². The number of aromatic hydroxyl groups is 1. The number of rotatable bonds is 11. The normalized spacial score (nSPS) is 33.4. The lowest BCUT2D eigenvalue weighted by Crippen LogP contribution is -2.52. The topological polar surface area (TPSA) is 77.8 Å². The minimum Gasteiger partial charge on any atom is -0.508 e. The van der Waals surface area contributed by atoms with Crippen LogP contribution < -0.4 is 0 Å². The Kier molecular flexibility index (Phi) is 8.16. The highest BCUT2D eigenvalue weighted by atomic mass is 16.4. The molecule has 0 saturated heterocycles. The molecule has 0 amide bonds. The number of unbranched alkanes of at least 4 members (excludes halogenated alkanes) is 7. The first kappa shape index (κ1) is 26.1. The van der Waals surface area contributed by atoms with Crippen LogP contribution >= 0.6 is 0 Å². The molecule has 4 nitrogen and oxygen atoms in total. The Morgan fingerprint density at radius 3 is 2.43 bits per heavy atom. The fraction of sp³-hybridized carbons (Fsp3) is 0.710. The number of carboxylic acid groups (broad SMARTS) is 1. The van der Waals surface area contributed by atoms with Crippen LogP contribution in [0.2, 0.25) is 0 Å². The minimum absolute atomic E-state index is 0.198. The fourth-order valence-electron chi connectivity index (χ4n) is 8.06. The number of hydrogen-bond donors (Lipinski definition) is 3. The van der Waals surface area contributed by atoms with Crippen molar-refractivity contribution >= 4 is 5.97 Å². The lowest BCUT2D eigenvalue weighted by atomic mass is 9.50. The highest BCUT2D eigenvalue weighted by Crippen LogP contribution is 2.65. The van der Waals surface area contributed by atoms with Gasteiger partial charge in [-0.25, -0.2) is 0 Å². The second-order valence-electron chi connectivity index (χ2n) is 11.9. The van der Waals surface area contributed by atoms with Gasteiger partial charge >= 0.3 is 5.97 Å². The van der Waals surface area contributed by atoms with Crippen LogP contribution in [0, 0.1) is 35.5 Å². The van der Waals surface area contributed by atoms with Crippen LogP contribution in [-0.4, -0.2) is 26.9 Å². The molecule has 192 valence electrons. The van der Waals surface area contributed by atoms with E-state index in [1.807, 2.05) is 12.1 Å². The van der Waals surface area contributed by atoms with Crippen LogP contribution in [-0.2, 0) is 11.2 Å². The van der Waals surface area contributed by atoms with Crippen LogP contribution in [0.25, 0.3) is 0 Å². The van der Waals surface area contributed by atoms with Gasteiger partial charge in [0.15, 0.2) is 0 Å². The Bertz CT molecular complexity index is 932. The Balaban J connectivity index is 1.36. The number of carboxylic acids is 1. The molecule has 1 aromatic carbocycles. The SMILES string of the molecule is C#C[C@]1(O)CCC2C3C(CC[C@@]21C)c1ccc(O)cc1C[C@@H]3CCCCCCCCCCC(=O)O. The second-order valence-corrected chi connectivity index (χ2v) is 11.9. The summed E-state index contributed by atoms with van der Waals surface area (Å²) in [6.07, 6.45) is 21.3. The number of carbonyl (C=O) groups is 1. The van der Waals surface area contributed by atoms with Gasteiger partial charge in [0.2, 0.25) is 0 Å². The third-order valence-electron chi connectivity index (χ3n) is 9.99. The maximum atomic E-state index is 11.3. The molecule has 2 fully saturated rings. The fourth-order valence-corrected chi connectivity index (χ4v) is 8.06. The summed E-state index contributed by atoms with van der Waals surface area (Å²) in [7, 11) is 0. The van der Waals surface area contributed by atoms with Gasteiger partial charge in [-0.05, 0) is 91.9 Å². The summed E-state index contributed by atoms with van der Waals surface area (Å²) in [5.74, 6) is 4.58. The van der Waals surface area contributed by atoms with Gasteiger partial charge in [0, 0.05) is 11.8 Å². The Morgan fingerprint density at radius 1 is 1.06 bits per heavy atom. The number of fused-ring (bicyclic) bond motifs is 5. The van der Waals surface area contributed by atoms with Crippen molar-refractivity contribution in [1.29, 1.82) is 0 Å². The van der Waals surface area contributed by atoms with Gasteiger partial charge in [-0.2, -0.15) is 0 Å². The summed E-state index contributed by atoms with van der Waals surface area (Å²) in [6.45, 7) is 2.25. The van der Waals surface area contributed by atoms with Crippen molar-refractivity contribution in [3.63, 3.8) is 0 Å². The molecule has 4 heteroatoms. The monoisotopic (exact) mass is 480 g/mol. The van der Waals surface area contributed by atoms with Crippen LogP contribution in [0.15, 0.2) is 18.2 Å². The first-order chi connectivity index (χ1) is 16.8. The third kappa shape index (κ3) is 5.26. The first-order valence-electron chi connectivity index (χ1n) is 14.0. The van der Waals surface area contributed by atoms with E-state index in [1.165, 1.54) is 49.7 Å². The van der Waals surface area contributed by atoms with Gasteiger partial charge in [-0.15, -0.1) is 6.42 Å². The Hall–Kier alpha value is -1.99. The summed E-state index contributed by atoms with van der Waals surface area (Å²) in [6, 6.07) is 5.99. The molecule has 3 aliphatic rings. The average molecular weight is 481 g/mol. The first-order valence-corrected chi connectivity index (χ1v) is 14.0. The van der Waals surface area contributed by atoms with Gasteiger partial charge < -0.3 is 15.3 Å². The van der Waals surface area contributed by atoms with Crippen molar-refractivity contribution < 1.29 is 20.1 Å². The van der Waals surface area contributed by atoms with Crippen molar-refractivity contribution in [3.05, 3.63) is 29.3 Å². The molecule has 2 saturated carbocycles. The smallest absolute Gasteiger partial charge is 0.303 e. The van der Waals surface area contributed by atoms with E-state index in [2.05, 4.69) is 18.9 Å². The zero-order valence-electron chi connectivity index (χ0n) is 21.5. The van der Waals surface area contributed by atoms with Crippen molar-refractivity contribution in [1.82, 2.24) is 0 Å². The third-order valence-corrected chi connectivity index (χ3v) is 9.99. The minimum atomic E-state index is -0.979. The zero-order valence-corrected chi connectivity index (χ0v) is 21.5. The number of phenols is 1. The van der Waals surface area contributed by atoms with E-state index in [0.29, 0.717) is 35.8 Å². The van der Waals surface area contributed by atoms with Crippen LogP contribution in [0.5, 0.6) is 5.75 Å². The number of benzene rings is 1. The van der Waals surface area contributed by atoms with Crippen molar-refractivity contribution in [2.24, 2.45) is 23.2 Å². The molecular formula is C31H44O4. The van der Waals surface area contributed by atoms with Crippen LogP contribution in [0.1, 0.15) is 114 Å². The number of terminal acetylenes is 1. The van der Waals surface area contributed by atoms with Crippen molar-refractivity contribution in [3.8, 4) is 18.1 Å². The van der Waals surface area contributed by atoms with E-state index in [9.17, 15) is 15.0 Å². The number of phenolic OH excluding ortho intramolecular Hbond substituents is 1. The maximum Gasteiger partial charge on any atom is 0.303 e. The van der Waals surface area contributed by atoms with E-state index in [1.54, 1.807) is 0 Å². The molecule has 3 aliphatic carbocycles. The average Bonchev–Trinajstić information content (AvgIpc) is 3.10. The summed E-state index contributed by atoms with van der Waals surface area (Å²) in [4.78, 5) is 10.6. The molecule has 1 aromatic rings. The quantitative estimate of drug-likeness (QED) is 0.240. The van der Waals surface area contributed by atoms with Gasteiger partial charge in [-0.3, -0.25) is 4.79 Å². The largest absolute Gasteiger partial charge is 0.508 e. The van der Waals surface area contributed by atoms with Gasteiger partial charge in [0.1, 0.15) is 11.4 Å². The van der Waals surface area contributed by atoms with Crippen molar-refractivity contribution in [2.75, 3.05) is 0 Å². The lowest BCUT2D eigenvalue weighted by molar-refractivity contribution is -0.137. The maximum absolute atomic E-state index is 11.3. The summed E-state index contributed by atoms with van der Waals surface area (Å²) in [5, 5.41) is 30.2. The highest BCUT2D eigenvalue weighted by molar-refractivity contribution is 5.66. The molecule has 3 unspecified atom stereocenters. The van der Waals surface area contributed by atoms with E-state index in [4.69, 9.17) is 11.5 Å². The summed E-state index contributed by atoms with van der Waals surface area (Å²) in [5.41, 5.74) is 1.57. The molecule has 3 N–H and O–H groups in total. The number of aliphatic carboxylic acids is 1. The van der Waals surface area contributed by atoms with Crippen molar-refractivity contribution in [2.45, 2.75) is 115 Å². The molecular weight excluding hydrogens is 436 g/mol. The molecule has 0 bridgehead atoms. The second kappa shape index (κ2) is 11.0. The van der Waals surface area contributed by atoms with Gasteiger partial charge in [0.05, 0.1) is 0 Å². The number of aliphatic hydroxyl groups is 1. The Morgan fingerprint density at radius 2 is 1.74 bits per heavy atom. The molecule has 0 aliphatic heterocycles. The predicted octanol–water partition coefficient (Wildman–Crippen LogP) is 6.82.